The third-order valence-corrected chi connectivity index (χ3v) is 2.75. The van der Waals surface area contributed by atoms with Crippen LogP contribution in [0.5, 0.6) is 11.5 Å². The van der Waals surface area contributed by atoms with E-state index < -0.39 is 0 Å². The van der Waals surface area contributed by atoms with E-state index >= 15 is 0 Å². The van der Waals surface area contributed by atoms with E-state index in [-0.39, 0.29) is 6.04 Å². The van der Waals surface area contributed by atoms with Gasteiger partial charge in [0.05, 0.1) is 32.2 Å². The van der Waals surface area contributed by atoms with Gasteiger partial charge < -0.3 is 9.47 Å². The van der Waals surface area contributed by atoms with Gasteiger partial charge >= 0.3 is 0 Å². The highest BCUT2D eigenvalue weighted by atomic mass is 16.5. The highest BCUT2D eigenvalue weighted by Crippen LogP contribution is 2.28. The maximum absolute atomic E-state index is 5.62. The number of hydrogen-bond acceptors (Lipinski definition) is 6. The molecule has 1 aromatic carbocycles. The third kappa shape index (κ3) is 2.98. The predicted molar refractivity (Wildman–Crippen MR) is 70.7 cm³/mol. The molecule has 0 fully saturated rings. The topological polar surface area (TPSA) is 82.3 Å². The molecular weight excluding hydrogens is 244 g/mol. The van der Waals surface area contributed by atoms with Crippen LogP contribution in [-0.2, 0) is 0 Å². The summed E-state index contributed by atoms with van der Waals surface area (Å²) in [5.41, 5.74) is 4.33. The number of nitrogens with two attached hydrogens (primary N) is 1. The summed E-state index contributed by atoms with van der Waals surface area (Å²) in [6.07, 6.45) is 4.90. The monoisotopic (exact) mass is 260 g/mol. The van der Waals surface area contributed by atoms with Crippen LogP contribution in [0.3, 0.4) is 0 Å². The van der Waals surface area contributed by atoms with Crippen LogP contribution in [0.1, 0.15) is 17.3 Å². The van der Waals surface area contributed by atoms with Crippen LogP contribution in [0.15, 0.2) is 36.8 Å². The summed E-state index contributed by atoms with van der Waals surface area (Å²) < 4.78 is 10.5. The van der Waals surface area contributed by atoms with Crippen molar-refractivity contribution in [1.29, 1.82) is 0 Å². The molecule has 0 aliphatic carbocycles. The molecule has 0 saturated heterocycles. The first-order valence-electron chi connectivity index (χ1n) is 5.73. The zero-order valence-corrected chi connectivity index (χ0v) is 10.8. The predicted octanol–water partition coefficient (Wildman–Crippen LogP) is 1.05. The van der Waals surface area contributed by atoms with Gasteiger partial charge in [0.2, 0.25) is 0 Å². The number of ether oxygens (including phenoxy) is 2. The van der Waals surface area contributed by atoms with Gasteiger partial charge in [-0.2, -0.15) is 0 Å². The third-order valence-electron chi connectivity index (χ3n) is 2.75. The van der Waals surface area contributed by atoms with Crippen molar-refractivity contribution >= 4 is 0 Å². The van der Waals surface area contributed by atoms with Gasteiger partial charge in [-0.1, -0.05) is 0 Å². The Kier molecular flexibility index (Phi) is 4.27. The second-order valence-electron chi connectivity index (χ2n) is 3.88. The Morgan fingerprint density at radius 2 is 1.79 bits per heavy atom. The Morgan fingerprint density at radius 1 is 1.11 bits per heavy atom. The fraction of sp³-hybridized carbons (Fsp3) is 0.231. The smallest absolute Gasteiger partial charge is 0.122 e. The summed E-state index contributed by atoms with van der Waals surface area (Å²) in [4.78, 5) is 8.29. The van der Waals surface area contributed by atoms with E-state index in [9.17, 15) is 0 Å². The number of hydrazine groups is 1. The first kappa shape index (κ1) is 13.3. The Labute approximate surface area is 111 Å². The zero-order valence-electron chi connectivity index (χ0n) is 10.8. The average Bonchev–Trinajstić information content (AvgIpc) is 2.48. The van der Waals surface area contributed by atoms with Crippen LogP contribution < -0.4 is 20.7 Å². The molecule has 0 spiro atoms. The summed E-state index contributed by atoms with van der Waals surface area (Å²) in [7, 11) is 3.21. The summed E-state index contributed by atoms with van der Waals surface area (Å²) in [5, 5.41) is 0. The summed E-state index contributed by atoms with van der Waals surface area (Å²) in [6, 6.07) is 5.27. The second kappa shape index (κ2) is 6.12. The molecule has 0 radical (unpaired) electrons. The molecule has 1 heterocycles. The quantitative estimate of drug-likeness (QED) is 0.617. The maximum Gasteiger partial charge on any atom is 0.122 e. The first-order chi connectivity index (χ1) is 9.28. The molecule has 0 aliphatic heterocycles. The first-order valence-corrected chi connectivity index (χ1v) is 5.73. The molecule has 100 valence electrons. The van der Waals surface area contributed by atoms with Crippen LogP contribution >= 0.6 is 0 Å². The standard InChI is InChI=1S/C13H16N4O2/c1-18-10-5-9(6-11(7-10)19-2)13(17-14)12-8-15-3-4-16-12/h3-8,13,17H,14H2,1-2H3. The van der Waals surface area contributed by atoms with Crippen molar-refractivity contribution in [2.75, 3.05) is 14.2 Å². The lowest BCUT2D eigenvalue weighted by Gasteiger charge is -2.17. The minimum absolute atomic E-state index is 0.280. The minimum atomic E-state index is -0.280. The molecule has 3 N–H and O–H groups in total. The zero-order chi connectivity index (χ0) is 13.7. The molecule has 0 bridgehead atoms. The van der Waals surface area contributed by atoms with Crippen molar-refractivity contribution in [2.45, 2.75) is 6.04 Å². The molecule has 19 heavy (non-hydrogen) atoms. The van der Waals surface area contributed by atoms with E-state index in [1.165, 1.54) is 0 Å². The van der Waals surface area contributed by atoms with Gasteiger partial charge in [-0.15, -0.1) is 0 Å². The van der Waals surface area contributed by atoms with Gasteiger partial charge in [0.1, 0.15) is 11.5 Å². The normalized spacial score (nSPS) is 11.9. The molecule has 2 aromatic rings. The fourth-order valence-corrected chi connectivity index (χ4v) is 1.81. The van der Waals surface area contributed by atoms with Gasteiger partial charge in [-0.3, -0.25) is 15.8 Å². The molecule has 6 heteroatoms. The molecule has 1 unspecified atom stereocenters. The Hall–Kier alpha value is -2.18. The van der Waals surface area contributed by atoms with E-state index in [1.807, 2.05) is 12.1 Å². The SMILES string of the molecule is COc1cc(OC)cc(C(NN)c2cnccn2)c1. The number of benzene rings is 1. The van der Waals surface area contributed by atoms with Crippen molar-refractivity contribution in [3.63, 3.8) is 0 Å². The van der Waals surface area contributed by atoms with Crippen molar-refractivity contribution in [3.05, 3.63) is 48.0 Å². The lowest BCUT2D eigenvalue weighted by atomic mass is 10.0. The number of hydrogen-bond donors (Lipinski definition) is 2. The molecule has 1 atom stereocenters. The van der Waals surface area contributed by atoms with Crippen LogP contribution in [0.4, 0.5) is 0 Å². The molecule has 0 saturated carbocycles. The van der Waals surface area contributed by atoms with E-state index in [0.717, 1.165) is 11.3 Å². The van der Waals surface area contributed by atoms with Crippen molar-refractivity contribution in [1.82, 2.24) is 15.4 Å². The van der Waals surface area contributed by atoms with E-state index in [4.69, 9.17) is 15.3 Å². The largest absolute Gasteiger partial charge is 0.497 e. The van der Waals surface area contributed by atoms with E-state index in [1.54, 1.807) is 38.9 Å². The molecule has 1 aromatic heterocycles. The number of methoxy groups -OCH3 is 2. The lowest BCUT2D eigenvalue weighted by molar-refractivity contribution is 0.392. The Bertz CT molecular complexity index is 511. The highest BCUT2D eigenvalue weighted by Gasteiger charge is 2.16. The van der Waals surface area contributed by atoms with Crippen LogP contribution in [0, 0.1) is 0 Å². The number of rotatable bonds is 5. The highest BCUT2D eigenvalue weighted by molar-refractivity contribution is 5.41. The average molecular weight is 260 g/mol. The van der Waals surface area contributed by atoms with Gasteiger partial charge in [0.15, 0.2) is 0 Å². The molecule has 6 nitrogen and oxygen atoms in total. The van der Waals surface area contributed by atoms with Crippen molar-refractivity contribution in [2.24, 2.45) is 5.84 Å². The molecule has 0 aliphatic rings. The van der Waals surface area contributed by atoms with Gasteiger partial charge in [-0.05, 0) is 17.7 Å². The molecule has 0 amide bonds. The molecule has 2 rings (SSSR count). The van der Waals surface area contributed by atoms with Gasteiger partial charge in [-0.25, -0.2) is 5.43 Å². The summed E-state index contributed by atoms with van der Waals surface area (Å²) >= 11 is 0. The van der Waals surface area contributed by atoms with Crippen LogP contribution in [-0.4, -0.2) is 24.2 Å². The lowest BCUT2D eigenvalue weighted by Crippen LogP contribution is -2.29. The minimum Gasteiger partial charge on any atom is -0.497 e. The van der Waals surface area contributed by atoms with Crippen molar-refractivity contribution < 1.29 is 9.47 Å². The van der Waals surface area contributed by atoms with Gasteiger partial charge in [0, 0.05) is 18.5 Å². The van der Waals surface area contributed by atoms with E-state index in [0.29, 0.717) is 11.5 Å². The summed E-state index contributed by atoms with van der Waals surface area (Å²) in [5.74, 6) is 7.01. The summed E-state index contributed by atoms with van der Waals surface area (Å²) in [6.45, 7) is 0. The Morgan fingerprint density at radius 3 is 2.26 bits per heavy atom. The van der Waals surface area contributed by atoms with Crippen molar-refractivity contribution in [3.8, 4) is 11.5 Å². The van der Waals surface area contributed by atoms with Crippen LogP contribution in [0.2, 0.25) is 0 Å². The Balaban J connectivity index is 2.43. The number of nitrogens with one attached hydrogen (secondary N) is 1. The van der Waals surface area contributed by atoms with Gasteiger partial charge in [0.25, 0.3) is 0 Å². The molecular formula is C13H16N4O2. The number of aromatic nitrogens is 2. The maximum atomic E-state index is 5.62. The fourth-order valence-electron chi connectivity index (χ4n) is 1.81. The van der Waals surface area contributed by atoms with Crippen LogP contribution in [0.25, 0.3) is 0 Å². The van der Waals surface area contributed by atoms with E-state index in [2.05, 4.69) is 15.4 Å². The second-order valence-corrected chi connectivity index (χ2v) is 3.88. The number of nitrogens with zero attached hydrogens (tertiary/aromatic N) is 2.